The molecule has 0 N–H and O–H groups in total. The van der Waals surface area contributed by atoms with E-state index in [1.54, 1.807) is 61.9 Å². The van der Waals surface area contributed by atoms with Crippen molar-refractivity contribution in [1.29, 1.82) is 0 Å². The van der Waals surface area contributed by atoms with E-state index in [1.807, 2.05) is 35.8 Å². The van der Waals surface area contributed by atoms with Crippen LogP contribution < -0.4 is 4.74 Å². The number of hydrogen-bond acceptors (Lipinski definition) is 5. The number of imidazole rings is 1. The van der Waals surface area contributed by atoms with E-state index in [2.05, 4.69) is 70.3 Å². The zero-order valence-electron chi connectivity index (χ0n) is 29.0. The highest BCUT2D eigenvalue weighted by Gasteiger charge is 2.47. The van der Waals surface area contributed by atoms with Gasteiger partial charge < -0.3 is 4.74 Å². The van der Waals surface area contributed by atoms with Gasteiger partial charge in [0.15, 0.2) is 5.69 Å². The van der Waals surface area contributed by atoms with Gasteiger partial charge in [0.05, 0.1) is 32.2 Å². The molecule has 5 aromatic carbocycles. The average molecular weight is 724 g/mol. The molecular formula is C41H36F3N3O4S. The number of ether oxygens (including phenoxy) is 1. The maximum absolute atomic E-state index is 12.2. The van der Waals surface area contributed by atoms with Crippen molar-refractivity contribution in [3.63, 3.8) is 0 Å². The average Bonchev–Trinajstić information content (AvgIpc) is 3.54. The van der Waals surface area contributed by atoms with Gasteiger partial charge >= 0.3 is 15.6 Å². The molecule has 7 nitrogen and oxygen atoms in total. The van der Waals surface area contributed by atoms with Crippen LogP contribution in [0.25, 0.3) is 27.1 Å². The van der Waals surface area contributed by atoms with E-state index >= 15 is 0 Å². The van der Waals surface area contributed by atoms with Crippen LogP contribution in [0.3, 0.4) is 0 Å². The van der Waals surface area contributed by atoms with Gasteiger partial charge in [-0.2, -0.15) is 21.6 Å². The van der Waals surface area contributed by atoms with Crippen LogP contribution in [0, 0.1) is 34.3 Å². The largest absolute Gasteiger partial charge is 0.523 e. The minimum Gasteiger partial charge on any atom is -0.439 e. The second kappa shape index (κ2) is 16.1. The maximum atomic E-state index is 12.2. The van der Waals surface area contributed by atoms with E-state index in [4.69, 9.17) is 11.3 Å². The lowest BCUT2D eigenvalue weighted by molar-refractivity contribution is -0.0548. The van der Waals surface area contributed by atoms with Crippen LogP contribution in [0.4, 0.5) is 18.9 Å². The van der Waals surface area contributed by atoms with Crippen LogP contribution in [-0.4, -0.2) is 23.5 Å². The van der Waals surface area contributed by atoms with Crippen molar-refractivity contribution in [1.82, 2.24) is 9.55 Å². The minimum atomic E-state index is -5.58. The Morgan fingerprint density at radius 3 is 2.12 bits per heavy atom. The SMILES string of the molecule is Cc1ccc(-c2ccc(COS(=O)(=O)C(F)(F)F)c(C)c2)cc1.[C-]#[N+]c1ccc(Oc2cncn2Cc2ccc(-c3cccc(C)c3)c(C)c2)cc1. The molecule has 0 unspecified atom stereocenters. The van der Waals surface area contributed by atoms with Crippen molar-refractivity contribution < 1.29 is 30.5 Å². The lowest BCUT2D eigenvalue weighted by atomic mass is 9.97. The van der Waals surface area contributed by atoms with Crippen molar-refractivity contribution in [2.24, 2.45) is 0 Å². The van der Waals surface area contributed by atoms with E-state index in [-0.39, 0.29) is 0 Å². The van der Waals surface area contributed by atoms with E-state index in [9.17, 15) is 21.6 Å². The summed E-state index contributed by atoms with van der Waals surface area (Å²) < 4.78 is 70.5. The molecule has 11 heteroatoms. The number of nitrogens with zero attached hydrogens (tertiary/aromatic N) is 3. The van der Waals surface area contributed by atoms with Gasteiger partial charge in [-0.25, -0.2) is 9.83 Å². The highest BCUT2D eigenvalue weighted by Crippen LogP contribution is 2.29. The van der Waals surface area contributed by atoms with Gasteiger partial charge in [0, 0.05) is 0 Å². The Hall–Kier alpha value is -5.70. The van der Waals surface area contributed by atoms with E-state index in [0.717, 1.165) is 16.7 Å². The monoisotopic (exact) mass is 723 g/mol. The quantitative estimate of drug-likeness (QED) is 0.0843. The number of aryl methyl sites for hydroxylation is 4. The van der Waals surface area contributed by atoms with Crippen molar-refractivity contribution >= 4 is 15.8 Å². The molecular weight excluding hydrogens is 688 g/mol. The lowest BCUT2D eigenvalue weighted by Crippen LogP contribution is -2.25. The Bertz CT molecular complexity index is 2310. The summed E-state index contributed by atoms with van der Waals surface area (Å²) in [5.41, 5.74) is 5.37. The molecule has 0 spiro atoms. The molecule has 0 saturated carbocycles. The van der Waals surface area contributed by atoms with Gasteiger partial charge in [0.1, 0.15) is 5.75 Å². The molecule has 6 rings (SSSR count). The van der Waals surface area contributed by atoms with Crippen LogP contribution in [0.1, 0.15) is 33.4 Å². The molecule has 0 aliphatic carbocycles. The summed E-state index contributed by atoms with van der Waals surface area (Å²) in [5.74, 6) is 1.35. The number of hydrogen-bond donors (Lipinski definition) is 0. The van der Waals surface area contributed by atoms with Gasteiger partial charge in [0.2, 0.25) is 5.88 Å². The molecule has 6 aromatic rings. The number of rotatable bonds is 9. The summed E-state index contributed by atoms with van der Waals surface area (Å²) in [6.07, 6.45) is 3.48. The normalized spacial score (nSPS) is 11.3. The highest BCUT2D eigenvalue weighted by atomic mass is 32.2. The van der Waals surface area contributed by atoms with Gasteiger partial charge in [-0.05, 0) is 84.3 Å². The molecule has 1 aromatic heterocycles. The Morgan fingerprint density at radius 2 is 1.48 bits per heavy atom. The molecule has 0 saturated heterocycles. The van der Waals surface area contributed by atoms with Gasteiger partial charge in [0.25, 0.3) is 0 Å². The Morgan fingerprint density at radius 1 is 0.769 bits per heavy atom. The fourth-order valence-corrected chi connectivity index (χ4v) is 5.79. The van der Waals surface area contributed by atoms with Crippen LogP contribution in [-0.2, 0) is 27.5 Å². The van der Waals surface area contributed by atoms with E-state index in [0.29, 0.717) is 35.0 Å². The molecule has 0 fully saturated rings. The van der Waals surface area contributed by atoms with E-state index in [1.165, 1.54) is 27.8 Å². The summed E-state index contributed by atoms with van der Waals surface area (Å²) >= 11 is 0. The number of aromatic nitrogens is 2. The molecule has 0 aliphatic rings. The van der Waals surface area contributed by atoms with Crippen molar-refractivity contribution in [3.8, 4) is 33.9 Å². The van der Waals surface area contributed by atoms with Crippen molar-refractivity contribution in [2.45, 2.75) is 46.4 Å². The summed E-state index contributed by atoms with van der Waals surface area (Å²) in [6, 6.07) is 35.1. The summed E-state index contributed by atoms with van der Waals surface area (Å²) in [7, 11) is -5.58. The van der Waals surface area contributed by atoms with Gasteiger partial charge in [-0.3, -0.25) is 8.75 Å². The lowest BCUT2D eigenvalue weighted by Gasteiger charge is -2.12. The third-order valence-electron chi connectivity index (χ3n) is 8.22. The molecule has 266 valence electrons. The third-order valence-corrected chi connectivity index (χ3v) is 9.21. The Kier molecular flexibility index (Phi) is 11.6. The molecule has 0 radical (unpaired) electrons. The second-order valence-corrected chi connectivity index (χ2v) is 13.9. The summed E-state index contributed by atoms with van der Waals surface area (Å²) in [4.78, 5) is 7.64. The molecule has 0 bridgehead atoms. The van der Waals surface area contributed by atoms with Crippen LogP contribution in [0.5, 0.6) is 11.6 Å². The highest BCUT2D eigenvalue weighted by molar-refractivity contribution is 7.87. The van der Waals surface area contributed by atoms with Gasteiger partial charge in [-0.15, -0.1) is 0 Å². The van der Waals surface area contributed by atoms with Crippen LogP contribution >= 0.6 is 0 Å². The first kappa shape index (κ1) is 37.6. The van der Waals surface area contributed by atoms with Crippen LogP contribution in [0.15, 0.2) is 122 Å². The predicted octanol–water partition coefficient (Wildman–Crippen LogP) is 10.9. The van der Waals surface area contributed by atoms with Crippen molar-refractivity contribution in [3.05, 3.63) is 167 Å². The molecule has 0 atom stereocenters. The fraction of sp³-hybridized carbons (Fsp3) is 0.171. The third kappa shape index (κ3) is 9.54. The first-order chi connectivity index (χ1) is 24.7. The fourth-order valence-electron chi connectivity index (χ4n) is 5.37. The topological polar surface area (TPSA) is 74.8 Å². The predicted molar refractivity (Wildman–Crippen MR) is 197 cm³/mol. The first-order valence-corrected chi connectivity index (χ1v) is 17.6. The zero-order chi connectivity index (χ0) is 37.5. The standard InChI is InChI=1S/C25H21N3O.C16H15F3O3S/c1-18-5-4-6-21(13-18)24-12-7-20(14-19(24)2)16-28-17-27-15-25(28)29-23-10-8-22(26-3)9-11-23;1-11-3-5-13(6-4-11)14-7-8-15(12(2)9-14)10-22-23(20,21)16(17,18)19/h4-15,17H,16H2,1-2H3;3-9H,10H2,1-2H3. The maximum Gasteiger partial charge on any atom is 0.523 e. The molecule has 1 heterocycles. The number of halogens is 3. The molecule has 0 amide bonds. The minimum absolute atomic E-state index is 0.383. The second-order valence-electron chi connectivity index (χ2n) is 12.3. The summed E-state index contributed by atoms with van der Waals surface area (Å²) in [5, 5.41) is 0. The number of alkyl halides is 3. The Labute approximate surface area is 301 Å². The van der Waals surface area contributed by atoms with E-state index < -0.39 is 22.2 Å². The van der Waals surface area contributed by atoms with Gasteiger partial charge in [-0.1, -0.05) is 108 Å². The number of benzene rings is 5. The Balaban J connectivity index is 0.000000207. The zero-order valence-corrected chi connectivity index (χ0v) is 29.8. The first-order valence-electron chi connectivity index (χ1n) is 16.2. The van der Waals surface area contributed by atoms with Crippen LogP contribution in [0.2, 0.25) is 0 Å². The summed E-state index contributed by atoms with van der Waals surface area (Å²) in [6.45, 7) is 15.0. The van der Waals surface area contributed by atoms with Crippen molar-refractivity contribution in [2.75, 3.05) is 0 Å². The smallest absolute Gasteiger partial charge is 0.439 e. The molecule has 52 heavy (non-hydrogen) atoms. The molecule has 0 aliphatic heterocycles.